The van der Waals surface area contributed by atoms with Crippen LogP contribution in [0.3, 0.4) is 0 Å². The zero-order valence-electron chi connectivity index (χ0n) is 12.9. The van der Waals surface area contributed by atoms with Crippen LogP contribution in [0, 0.1) is 5.92 Å². The van der Waals surface area contributed by atoms with E-state index in [9.17, 15) is 9.59 Å². The van der Waals surface area contributed by atoms with Gasteiger partial charge in [-0.25, -0.2) is 4.68 Å². The van der Waals surface area contributed by atoms with Gasteiger partial charge in [-0.05, 0) is 36.2 Å². The van der Waals surface area contributed by atoms with Crippen molar-refractivity contribution in [3.63, 3.8) is 0 Å². The van der Waals surface area contributed by atoms with E-state index in [1.165, 1.54) is 16.8 Å². The topological polar surface area (TPSA) is 73.2 Å². The monoisotopic (exact) mass is 301 g/mol. The average molecular weight is 301 g/mol. The molecule has 2 rings (SSSR count). The van der Waals surface area contributed by atoms with Gasteiger partial charge in [0.1, 0.15) is 11.4 Å². The van der Waals surface area contributed by atoms with Crippen molar-refractivity contribution in [2.75, 3.05) is 12.4 Å². The molecular formula is C16H19N3O3. The van der Waals surface area contributed by atoms with E-state index in [2.05, 4.69) is 10.4 Å². The standard InChI is InChI=1S/C16H19N3O3/c1-11(2)10-19-15(20)9-8-14(18-19)16(21)17-12-4-6-13(22-3)7-5-12/h4-9,11H,10H2,1-3H3,(H,17,21). The summed E-state index contributed by atoms with van der Waals surface area (Å²) in [6, 6.07) is 9.77. The maximum Gasteiger partial charge on any atom is 0.276 e. The second-order valence-electron chi connectivity index (χ2n) is 5.32. The first-order valence-electron chi connectivity index (χ1n) is 7.03. The number of carbonyl (C=O) groups is 1. The predicted molar refractivity (Wildman–Crippen MR) is 84.3 cm³/mol. The largest absolute Gasteiger partial charge is 0.497 e. The number of ether oxygens (including phenoxy) is 1. The van der Waals surface area contributed by atoms with Crippen molar-refractivity contribution < 1.29 is 9.53 Å². The highest BCUT2D eigenvalue weighted by atomic mass is 16.5. The number of amides is 1. The summed E-state index contributed by atoms with van der Waals surface area (Å²) < 4.78 is 6.37. The molecule has 1 aromatic carbocycles. The second-order valence-corrected chi connectivity index (χ2v) is 5.32. The Morgan fingerprint density at radius 1 is 1.23 bits per heavy atom. The highest BCUT2D eigenvalue weighted by molar-refractivity contribution is 6.02. The number of aromatic nitrogens is 2. The quantitative estimate of drug-likeness (QED) is 0.918. The van der Waals surface area contributed by atoms with Crippen LogP contribution in [-0.2, 0) is 6.54 Å². The Balaban J connectivity index is 2.16. The Morgan fingerprint density at radius 2 is 1.91 bits per heavy atom. The highest BCUT2D eigenvalue weighted by Crippen LogP contribution is 2.15. The van der Waals surface area contributed by atoms with Crippen molar-refractivity contribution in [3.8, 4) is 5.75 Å². The highest BCUT2D eigenvalue weighted by Gasteiger charge is 2.10. The lowest BCUT2D eigenvalue weighted by molar-refractivity contribution is 0.101. The van der Waals surface area contributed by atoms with Gasteiger partial charge in [0.05, 0.1) is 7.11 Å². The van der Waals surface area contributed by atoms with Gasteiger partial charge < -0.3 is 10.1 Å². The van der Waals surface area contributed by atoms with E-state index in [1.54, 1.807) is 31.4 Å². The fourth-order valence-corrected chi connectivity index (χ4v) is 1.92. The van der Waals surface area contributed by atoms with E-state index in [-0.39, 0.29) is 23.1 Å². The zero-order chi connectivity index (χ0) is 16.1. The van der Waals surface area contributed by atoms with Crippen molar-refractivity contribution in [3.05, 3.63) is 52.4 Å². The van der Waals surface area contributed by atoms with Crippen LogP contribution in [0.5, 0.6) is 5.75 Å². The van der Waals surface area contributed by atoms with Crippen LogP contribution in [0.25, 0.3) is 0 Å². The smallest absolute Gasteiger partial charge is 0.276 e. The molecule has 0 saturated carbocycles. The number of hydrogen-bond acceptors (Lipinski definition) is 4. The summed E-state index contributed by atoms with van der Waals surface area (Å²) in [5, 5.41) is 6.85. The molecule has 1 amide bonds. The summed E-state index contributed by atoms with van der Waals surface area (Å²) in [4.78, 5) is 23.9. The summed E-state index contributed by atoms with van der Waals surface area (Å²) in [5.74, 6) is 0.620. The predicted octanol–water partition coefficient (Wildman–Crippen LogP) is 2.16. The number of anilines is 1. The molecule has 0 unspecified atom stereocenters. The van der Waals surface area contributed by atoms with Crippen molar-refractivity contribution >= 4 is 11.6 Å². The Morgan fingerprint density at radius 3 is 2.50 bits per heavy atom. The normalized spacial score (nSPS) is 10.5. The molecule has 0 spiro atoms. The number of rotatable bonds is 5. The molecule has 0 aliphatic carbocycles. The molecule has 2 aromatic rings. The first-order valence-corrected chi connectivity index (χ1v) is 7.03. The molecule has 1 aromatic heterocycles. The maximum atomic E-state index is 12.2. The van der Waals surface area contributed by atoms with Crippen molar-refractivity contribution in [1.82, 2.24) is 9.78 Å². The van der Waals surface area contributed by atoms with E-state index in [4.69, 9.17) is 4.74 Å². The minimum absolute atomic E-state index is 0.205. The van der Waals surface area contributed by atoms with E-state index < -0.39 is 0 Å². The first kappa shape index (κ1) is 15.8. The number of carbonyl (C=O) groups excluding carboxylic acids is 1. The van der Waals surface area contributed by atoms with Gasteiger partial charge in [0.15, 0.2) is 0 Å². The molecule has 1 N–H and O–H groups in total. The number of nitrogens with zero attached hydrogens (tertiary/aromatic N) is 2. The van der Waals surface area contributed by atoms with E-state index in [0.717, 1.165) is 0 Å². The molecule has 116 valence electrons. The zero-order valence-corrected chi connectivity index (χ0v) is 12.9. The van der Waals surface area contributed by atoms with Crippen molar-refractivity contribution in [2.24, 2.45) is 5.92 Å². The van der Waals surface area contributed by atoms with Crippen LogP contribution in [-0.4, -0.2) is 22.8 Å². The molecule has 0 saturated heterocycles. The Labute approximate surface area is 128 Å². The second kappa shape index (κ2) is 6.89. The summed E-state index contributed by atoms with van der Waals surface area (Å²) in [7, 11) is 1.58. The molecule has 0 aliphatic heterocycles. The molecule has 0 aliphatic rings. The number of hydrogen-bond donors (Lipinski definition) is 1. The molecular weight excluding hydrogens is 282 g/mol. The van der Waals surface area contributed by atoms with Crippen LogP contribution < -0.4 is 15.6 Å². The van der Waals surface area contributed by atoms with Crippen molar-refractivity contribution in [1.29, 1.82) is 0 Å². The van der Waals surface area contributed by atoms with Gasteiger partial charge in [-0.15, -0.1) is 0 Å². The third kappa shape index (κ3) is 3.94. The lowest BCUT2D eigenvalue weighted by Crippen LogP contribution is -2.27. The summed E-state index contributed by atoms with van der Waals surface area (Å²) in [6.07, 6.45) is 0. The minimum Gasteiger partial charge on any atom is -0.497 e. The average Bonchev–Trinajstić information content (AvgIpc) is 2.49. The summed E-state index contributed by atoms with van der Waals surface area (Å²) >= 11 is 0. The number of methoxy groups -OCH3 is 1. The van der Waals surface area contributed by atoms with Gasteiger partial charge in [-0.1, -0.05) is 13.8 Å². The molecule has 6 nitrogen and oxygen atoms in total. The Kier molecular flexibility index (Phi) is 4.93. The van der Waals surface area contributed by atoms with Crippen LogP contribution in [0.15, 0.2) is 41.2 Å². The third-order valence-electron chi connectivity index (χ3n) is 2.99. The van der Waals surface area contributed by atoms with Gasteiger partial charge in [-0.2, -0.15) is 5.10 Å². The van der Waals surface area contributed by atoms with E-state index in [1.807, 2.05) is 13.8 Å². The lowest BCUT2D eigenvalue weighted by atomic mass is 10.2. The van der Waals surface area contributed by atoms with Gasteiger partial charge in [0.25, 0.3) is 11.5 Å². The van der Waals surface area contributed by atoms with Gasteiger partial charge in [0.2, 0.25) is 0 Å². The molecule has 1 heterocycles. The summed E-state index contributed by atoms with van der Waals surface area (Å²) in [5.41, 5.74) is 0.625. The summed E-state index contributed by atoms with van der Waals surface area (Å²) in [6.45, 7) is 4.44. The number of nitrogens with one attached hydrogen (secondary N) is 1. The van der Waals surface area contributed by atoms with Gasteiger partial charge in [-0.3, -0.25) is 9.59 Å². The van der Waals surface area contributed by atoms with Crippen LogP contribution in [0.2, 0.25) is 0 Å². The molecule has 0 fully saturated rings. The first-order chi connectivity index (χ1) is 10.5. The SMILES string of the molecule is COc1ccc(NC(=O)c2ccc(=O)n(CC(C)C)n2)cc1. The molecule has 0 atom stereocenters. The minimum atomic E-state index is -0.359. The fourth-order valence-electron chi connectivity index (χ4n) is 1.92. The van der Waals surface area contributed by atoms with E-state index in [0.29, 0.717) is 18.0 Å². The molecule has 6 heteroatoms. The van der Waals surface area contributed by atoms with Crippen LogP contribution in [0.4, 0.5) is 5.69 Å². The van der Waals surface area contributed by atoms with Crippen LogP contribution >= 0.6 is 0 Å². The molecule has 0 bridgehead atoms. The Bertz CT molecular complexity index is 705. The van der Waals surface area contributed by atoms with Gasteiger partial charge in [0, 0.05) is 18.3 Å². The number of benzene rings is 1. The molecule has 22 heavy (non-hydrogen) atoms. The van der Waals surface area contributed by atoms with E-state index >= 15 is 0 Å². The third-order valence-corrected chi connectivity index (χ3v) is 2.99. The van der Waals surface area contributed by atoms with Crippen molar-refractivity contribution in [2.45, 2.75) is 20.4 Å². The lowest BCUT2D eigenvalue weighted by Gasteiger charge is -2.09. The maximum absolute atomic E-state index is 12.2. The Hall–Kier alpha value is -2.63. The molecule has 0 radical (unpaired) electrons. The van der Waals surface area contributed by atoms with Crippen LogP contribution in [0.1, 0.15) is 24.3 Å². The fraction of sp³-hybridized carbons (Fsp3) is 0.312. The van der Waals surface area contributed by atoms with Gasteiger partial charge >= 0.3 is 0 Å².